The van der Waals surface area contributed by atoms with Gasteiger partial charge >= 0.3 is 0 Å². The molecule has 4 aliphatic carbocycles. The van der Waals surface area contributed by atoms with Crippen molar-refractivity contribution in [3.8, 4) is 0 Å². The maximum absolute atomic E-state index is 12.5. The van der Waals surface area contributed by atoms with Crippen LogP contribution < -0.4 is 10.8 Å². The minimum absolute atomic E-state index is 0.0145. The van der Waals surface area contributed by atoms with Crippen LogP contribution in [-0.4, -0.2) is 25.0 Å². The lowest BCUT2D eigenvalue weighted by atomic mass is 9.49. The van der Waals surface area contributed by atoms with Crippen molar-refractivity contribution < 1.29 is 14.4 Å². The molecule has 2 N–H and O–H groups in total. The SMILES string of the molecule is CCONC(=O)CNC(=O)C12CC3CC(CC(C3)C1)C2. The third-order valence-corrected chi connectivity index (χ3v) is 5.26. The van der Waals surface area contributed by atoms with E-state index in [-0.39, 0.29) is 23.8 Å². The van der Waals surface area contributed by atoms with E-state index in [0.29, 0.717) is 6.61 Å². The standard InChI is InChI=1S/C15H24N2O3/c1-2-20-17-13(18)9-16-14(19)15-6-10-3-11(7-15)5-12(4-10)8-15/h10-12H,2-9H2,1H3,(H,16,19)(H,17,18). The maximum Gasteiger partial charge on any atom is 0.262 e. The molecule has 4 fully saturated rings. The molecule has 4 bridgehead atoms. The summed E-state index contributed by atoms with van der Waals surface area (Å²) in [6, 6.07) is 0. The van der Waals surface area contributed by atoms with Gasteiger partial charge in [-0.2, -0.15) is 0 Å². The molecule has 0 radical (unpaired) electrons. The molecule has 5 heteroatoms. The van der Waals surface area contributed by atoms with Crippen LogP contribution in [0.2, 0.25) is 0 Å². The molecular formula is C15H24N2O3. The van der Waals surface area contributed by atoms with Crippen LogP contribution >= 0.6 is 0 Å². The van der Waals surface area contributed by atoms with Gasteiger partial charge in [0.2, 0.25) is 5.91 Å². The zero-order valence-corrected chi connectivity index (χ0v) is 12.1. The van der Waals surface area contributed by atoms with Crippen molar-refractivity contribution in [3.63, 3.8) is 0 Å². The van der Waals surface area contributed by atoms with Crippen LogP contribution in [0.5, 0.6) is 0 Å². The summed E-state index contributed by atoms with van der Waals surface area (Å²) in [5.74, 6) is 2.02. The number of amides is 2. The van der Waals surface area contributed by atoms with E-state index in [0.717, 1.165) is 37.0 Å². The van der Waals surface area contributed by atoms with Crippen molar-refractivity contribution in [3.05, 3.63) is 0 Å². The van der Waals surface area contributed by atoms with Gasteiger partial charge in [-0.1, -0.05) is 0 Å². The minimum Gasteiger partial charge on any atom is -0.346 e. The zero-order valence-electron chi connectivity index (χ0n) is 12.1. The molecule has 4 saturated carbocycles. The summed E-state index contributed by atoms with van der Waals surface area (Å²) in [5, 5.41) is 2.82. The van der Waals surface area contributed by atoms with Gasteiger partial charge in [-0.15, -0.1) is 0 Å². The summed E-state index contributed by atoms with van der Waals surface area (Å²) in [5.41, 5.74) is 2.13. The van der Waals surface area contributed by atoms with Crippen LogP contribution in [0, 0.1) is 23.2 Å². The number of hydrogen-bond acceptors (Lipinski definition) is 3. The van der Waals surface area contributed by atoms with E-state index in [1.54, 1.807) is 6.92 Å². The summed E-state index contributed by atoms with van der Waals surface area (Å²) in [6.07, 6.45) is 7.03. The summed E-state index contributed by atoms with van der Waals surface area (Å²) < 4.78 is 0. The van der Waals surface area contributed by atoms with Gasteiger partial charge in [0.1, 0.15) is 0 Å². The van der Waals surface area contributed by atoms with Crippen LogP contribution in [0.25, 0.3) is 0 Å². The first-order chi connectivity index (χ1) is 9.61. The lowest BCUT2D eigenvalue weighted by molar-refractivity contribution is -0.148. The van der Waals surface area contributed by atoms with E-state index in [4.69, 9.17) is 4.84 Å². The average molecular weight is 280 g/mol. The van der Waals surface area contributed by atoms with Gasteiger partial charge in [-0.05, 0) is 63.2 Å². The Morgan fingerprint density at radius 2 is 1.65 bits per heavy atom. The molecule has 0 atom stereocenters. The fraction of sp³-hybridized carbons (Fsp3) is 0.867. The molecule has 0 aliphatic heterocycles. The van der Waals surface area contributed by atoms with Gasteiger partial charge in [0.15, 0.2) is 0 Å². The van der Waals surface area contributed by atoms with E-state index in [1.807, 2.05) is 0 Å². The van der Waals surface area contributed by atoms with Crippen LogP contribution in [0.15, 0.2) is 0 Å². The third kappa shape index (κ3) is 2.55. The Labute approximate surface area is 119 Å². The summed E-state index contributed by atoms with van der Waals surface area (Å²) in [6.45, 7) is 2.24. The Balaban J connectivity index is 1.56. The number of hydroxylamine groups is 1. The quantitative estimate of drug-likeness (QED) is 0.748. The van der Waals surface area contributed by atoms with Crippen molar-refractivity contribution in [2.45, 2.75) is 45.4 Å². The molecule has 0 heterocycles. The highest BCUT2D eigenvalue weighted by molar-refractivity contribution is 5.87. The number of carbonyl (C=O) groups excluding carboxylic acids is 2. The Morgan fingerprint density at radius 1 is 1.10 bits per heavy atom. The Kier molecular flexibility index (Phi) is 3.71. The summed E-state index contributed by atoms with van der Waals surface area (Å²) >= 11 is 0. The molecular weight excluding hydrogens is 256 g/mol. The van der Waals surface area contributed by atoms with E-state index < -0.39 is 0 Å². The zero-order chi connectivity index (χ0) is 14.2. The normalized spacial score (nSPS) is 37.8. The highest BCUT2D eigenvalue weighted by atomic mass is 16.6. The van der Waals surface area contributed by atoms with Crippen LogP contribution in [0.1, 0.15) is 45.4 Å². The molecule has 0 aromatic rings. The number of rotatable bonds is 5. The van der Waals surface area contributed by atoms with Gasteiger partial charge < -0.3 is 5.32 Å². The molecule has 0 unspecified atom stereocenters. The van der Waals surface area contributed by atoms with Crippen LogP contribution in [0.4, 0.5) is 0 Å². The number of carbonyl (C=O) groups is 2. The lowest BCUT2D eigenvalue weighted by Gasteiger charge is -2.55. The van der Waals surface area contributed by atoms with Gasteiger partial charge in [0.25, 0.3) is 5.91 Å². The van der Waals surface area contributed by atoms with Crippen molar-refractivity contribution in [2.24, 2.45) is 23.2 Å². The second-order valence-electron chi connectivity index (χ2n) is 6.84. The van der Waals surface area contributed by atoms with Gasteiger partial charge in [0.05, 0.1) is 13.2 Å². The lowest BCUT2D eigenvalue weighted by Crippen LogP contribution is -2.54. The summed E-state index contributed by atoms with van der Waals surface area (Å²) in [4.78, 5) is 28.9. The maximum atomic E-state index is 12.5. The molecule has 0 saturated heterocycles. The topological polar surface area (TPSA) is 67.4 Å². The first-order valence-corrected chi connectivity index (χ1v) is 7.80. The first kappa shape index (κ1) is 13.9. The van der Waals surface area contributed by atoms with Crippen molar-refractivity contribution in [1.82, 2.24) is 10.8 Å². The first-order valence-electron chi connectivity index (χ1n) is 7.80. The summed E-state index contributed by atoms with van der Waals surface area (Å²) in [7, 11) is 0. The molecule has 4 rings (SSSR count). The van der Waals surface area contributed by atoms with E-state index in [2.05, 4.69) is 10.8 Å². The predicted molar refractivity (Wildman–Crippen MR) is 73.4 cm³/mol. The Morgan fingerprint density at radius 3 is 2.15 bits per heavy atom. The molecule has 0 aromatic heterocycles. The fourth-order valence-corrected chi connectivity index (χ4v) is 4.93. The smallest absolute Gasteiger partial charge is 0.262 e. The molecule has 2 amide bonds. The van der Waals surface area contributed by atoms with Gasteiger partial charge in [-0.3, -0.25) is 14.4 Å². The van der Waals surface area contributed by atoms with E-state index >= 15 is 0 Å². The van der Waals surface area contributed by atoms with Crippen molar-refractivity contribution in [1.29, 1.82) is 0 Å². The Hall–Kier alpha value is -1.10. The highest BCUT2D eigenvalue weighted by Gasteiger charge is 2.54. The number of hydrogen-bond donors (Lipinski definition) is 2. The number of nitrogens with one attached hydrogen (secondary N) is 2. The van der Waals surface area contributed by atoms with Crippen molar-refractivity contribution >= 4 is 11.8 Å². The predicted octanol–water partition coefficient (Wildman–Crippen LogP) is 1.39. The second-order valence-corrected chi connectivity index (χ2v) is 6.84. The molecule has 20 heavy (non-hydrogen) atoms. The highest BCUT2D eigenvalue weighted by Crippen LogP contribution is 2.60. The monoisotopic (exact) mass is 280 g/mol. The molecule has 5 nitrogen and oxygen atoms in total. The second kappa shape index (κ2) is 5.35. The largest absolute Gasteiger partial charge is 0.346 e. The molecule has 112 valence electrons. The molecule has 0 spiro atoms. The van der Waals surface area contributed by atoms with E-state index in [1.165, 1.54) is 19.3 Å². The van der Waals surface area contributed by atoms with Crippen molar-refractivity contribution in [2.75, 3.05) is 13.2 Å². The van der Waals surface area contributed by atoms with Crippen LogP contribution in [-0.2, 0) is 14.4 Å². The average Bonchev–Trinajstić information content (AvgIpc) is 2.41. The van der Waals surface area contributed by atoms with E-state index in [9.17, 15) is 9.59 Å². The molecule has 4 aliphatic rings. The van der Waals surface area contributed by atoms with Crippen LogP contribution in [0.3, 0.4) is 0 Å². The molecule has 0 aromatic carbocycles. The van der Waals surface area contributed by atoms with Gasteiger partial charge in [-0.25, -0.2) is 5.48 Å². The minimum atomic E-state index is -0.287. The third-order valence-electron chi connectivity index (χ3n) is 5.26. The Bertz CT molecular complexity index is 373. The fourth-order valence-electron chi connectivity index (χ4n) is 4.93. The van der Waals surface area contributed by atoms with Gasteiger partial charge in [0, 0.05) is 5.41 Å².